The molecular weight excluding hydrogens is 352 g/mol. The molecule has 1 unspecified atom stereocenters. The summed E-state index contributed by atoms with van der Waals surface area (Å²) >= 11 is 1.62. The Balaban J connectivity index is 2.37. The molecule has 0 bridgehead atoms. The summed E-state index contributed by atoms with van der Waals surface area (Å²) in [5.74, 6) is 0. The number of benzene rings is 1. The fourth-order valence-electron chi connectivity index (χ4n) is 3.19. The number of thiophene rings is 1. The molecule has 25 heavy (non-hydrogen) atoms. The lowest BCUT2D eigenvalue weighted by Gasteiger charge is -2.25. The van der Waals surface area contributed by atoms with E-state index in [9.17, 15) is 8.42 Å². The van der Waals surface area contributed by atoms with E-state index in [4.69, 9.17) is 0 Å². The van der Waals surface area contributed by atoms with Crippen LogP contribution in [0.1, 0.15) is 39.4 Å². The average molecular weight is 381 g/mol. The summed E-state index contributed by atoms with van der Waals surface area (Å²) in [7, 11) is 0.355. The van der Waals surface area contributed by atoms with Crippen LogP contribution < -0.4 is 4.72 Å². The molecule has 0 radical (unpaired) electrons. The molecule has 1 atom stereocenters. The molecule has 4 nitrogen and oxygen atoms in total. The summed E-state index contributed by atoms with van der Waals surface area (Å²) in [4.78, 5) is 2.46. The topological polar surface area (TPSA) is 49.4 Å². The van der Waals surface area contributed by atoms with Gasteiger partial charge in [0.2, 0.25) is 10.0 Å². The Labute approximate surface area is 155 Å². The molecule has 2 rings (SSSR count). The molecule has 0 aliphatic rings. The molecule has 6 heteroatoms. The zero-order valence-corrected chi connectivity index (χ0v) is 17.7. The van der Waals surface area contributed by atoms with Crippen molar-refractivity contribution in [1.29, 1.82) is 0 Å². The first-order valence-corrected chi connectivity index (χ1v) is 10.8. The van der Waals surface area contributed by atoms with Crippen LogP contribution in [0, 0.1) is 34.6 Å². The van der Waals surface area contributed by atoms with Crippen molar-refractivity contribution in [1.82, 2.24) is 9.62 Å². The molecule has 138 valence electrons. The Kier molecular flexibility index (Phi) is 6.09. The molecule has 1 aromatic heterocycles. The summed E-state index contributed by atoms with van der Waals surface area (Å²) in [5.41, 5.74) is 6.06. The first-order valence-electron chi connectivity index (χ1n) is 8.33. The van der Waals surface area contributed by atoms with E-state index in [1.165, 1.54) is 5.56 Å². The number of hydrogen-bond donors (Lipinski definition) is 1. The van der Waals surface area contributed by atoms with Crippen LogP contribution in [-0.2, 0) is 10.0 Å². The third-order valence-electron chi connectivity index (χ3n) is 5.22. The number of sulfonamides is 1. The second-order valence-electron chi connectivity index (χ2n) is 6.84. The van der Waals surface area contributed by atoms with Crippen LogP contribution in [0.5, 0.6) is 0 Å². The molecule has 0 saturated carbocycles. The van der Waals surface area contributed by atoms with E-state index >= 15 is 0 Å². The van der Waals surface area contributed by atoms with Gasteiger partial charge in [0.25, 0.3) is 0 Å². The lowest BCUT2D eigenvalue weighted by molar-refractivity contribution is 0.300. The highest BCUT2D eigenvalue weighted by atomic mass is 32.2. The van der Waals surface area contributed by atoms with Crippen LogP contribution in [-0.4, -0.2) is 34.0 Å². The zero-order valence-electron chi connectivity index (χ0n) is 16.1. The predicted octanol–water partition coefficient (Wildman–Crippen LogP) is 3.87. The number of nitrogens with zero attached hydrogens (tertiary/aromatic N) is 1. The van der Waals surface area contributed by atoms with Crippen LogP contribution in [0.15, 0.2) is 21.7 Å². The van der Waals surface area contributed by atoms with E-state index in [0.717, 1.165) is 27.8 Å². The Morgan fingerprint density at radius 2 is 1.52 bits per heavy atom. The van der Waals surface area contributed by atoms with Gasteiger partial charge in [-0.1, -0.05) is 0 Å². The summed E-state index contributed by atoms with van der Waals surface area (Å²) in [6, 6.07) is 2.05. The smallest absolute Gasteiger partial charge is 0.241 e. The van der Waals surface area contributed by atoms with Gasteiger partial charge in [0.15, 0.2) is 0 Å². The van der Waals surface area contributed by atoms with Crippen molar-refractivity contribution in [3.8, 4) is 0 Å². The third kappa shape index (κ3) is 3.97. The Morgan fingerprint density at radius 3 is 1.96 bits per heavy atom. The zero-order chi connectivity index (χ0) is 18.9. The number of hydrogen-bond acceptors (Lipinski definition) is 4. The summed E-state index contributed by atoms with van der Waals surface area (Å²) in [5, 5.41) is 4.08. The first-order chi connectivity index (χ1) is 11.6. The van der Waals surface area contributed by atoms with Crippen molar-refractivity contribution in [3.05, 3.63) is 50.2 Å². The minimum absolute atomic E-state index is 0.00859. The van der Waals surface area contributed by atoms with Gasteiger partial charge in [-0.2, -0.15) is 11.3 Å². The average Bonchev–Trinajstić information content (AvgIpc) is 3.04. The van der Waals surface area contributed by atoms with E-state index < -0.39 is 10.0 Å². The monoisotopic (exact) mass is 380 g/mol. The normalized spacial score (nSPS) is 13.4. The highest BCUT2D eigenvalue weighted by Gasteiger charge is 2.25. The molecule has 0 amide bonds. The SMILES string of the molecule is Cc1c(C)c(C)c(S(=O)(=O)NCC(c2ccsc2)N(C)C)c(C)c1C. The van der Waals surface area contributed by atoms with E-state index in [1.54, 1.807) is 11.3 Å². The van der Waals surface area contributed by atoms with E-state index in [0.29, 0.717) is 11.4 Å². The first kappa shape index (κ1) is 20.1. The maximum absolute atomic E-state index is 13.1. The number of likely N-dealkylation sites (N-methyl/N-ethyl adjacent to an activating group) is 1. The van der Waals surface area contributed by atoms with Gasteiger partial charge in [0.05, 0.1) is 4.90 Å². The van der Waals surface area contributed by atoms with Gasteiger partial charge < -0.3 is 4.90 Å². The Bertz CT molecular complexity index is 825. The van der Waals surface area contributed by atoms with E-state index in [2.05, 4.69) is 10.1 Å². The quantitative estimate of drug-likeness (QED) is 0.827. The standard InChI is InChI=1S/C19H28N2O2S2/c1-12-13(2)15(4)19(16(5)14(12)3)25(22,23)20-10-18(21(6)7)17-8-9-24-11-17/h8-9,11,18,20H,10H2,1-7H3. The van der Waals surface area contributed by atoms with Gasteiger partial charge >= 0.3 is 0 Å². The minimum atomic E-state index is -3.58. The van der Waals surface area contributed by atoms with E-state index in [1.807, 2.05) is 65.1 Å². The van der Waals surface area contributed by atoms with Crippen molar-refractivity contribution < 1.29 is 8.42 Å². The fraction of sp³-hybridized carbons (Fsp3) is 0.474. The molecule has 0 aliphatic heterocycles. The van der Waals surface area contributed by atoms with Crippen LogP contribution in [0.2, 0.25) is 0 Å². The summed E-state index contributed by atoms with van der Waals surface area (Å²) in [6.45, 7) is 10.2. The summed E-state index contributed by atoms with van der Waals surface area (Å²) < 4.78 is 29.0. The predicted molar refractivity (Wildman–Crippen MR) is 106 cm³/mol. The van der Waals surface area contributed by atoms with Crippen molar-refractivity contribution in [3.63, 3.8) is 0 Å². The number of rotatable bonds is 6. The highest BCUT2D eigenvalue weighted by Crippen LogP contribution is 2.30. The fourth-order valence-corrected chi connectivity index (χ4v) is 5.53. The largest absolute Gasteiger partial charge is 0.301 e. The lowest BCUT2D eigenvalue weighted by atomic mass is 9.95. The van der Waals surface area contributed by atoms with Crippen molar-refractivity contribution >= 4 is 21.4 Å². The molecule has 2 aromatic rings. The van der Waals surface area contributed by atoms with E-state index in [-0.39, 0.29) is 6.04 Å². The Hall–Kier alpha value is -1.21. The molecule has 0 fully saturated rings. The number of nitrogens with one attached hydrogen (secondary N) is 1. The lowest BCUT2D eigenvalue weighted by Crippen LogP contribution is -2.35. The van der Waals surface area contributed by atoms with Gasteiger partial charge in [0, 0.05) is 12.6 Å². The minimum Gasteiger partial charge on any atom is -0.301 e. The Morgan fingerprint density at radius 1 is 1.00 bits per heavy atom. The molecule has 0 aliphatic carbocycles. The van der Waals surface area contributed by atoms with Gasteiger partial charge in [-0.05, 0) is 98.9 Å². The molecular formula is C19H28N2O2S2. The van der Waals surface area contributed by atoms with Gasteiger partial charge in [-0.15, -0.1) is 0 Å². The van der Waals surface area contributed by atoms with Crippen LogP contribution in [0.3, 0.4) is 0 Å². The highest BCUT2D eigenvalue weighted by molar-refractivity contribution is 7.89. The second-order valence-corrected chi connectivity index (χ2v) is 9.33. The van der Waals surface area contributed by atoms with Gasteiger partial charge in [-0.3, -0.25) is 0 Å². The molecule has 0 spiro atoms. The maximum Gasteiger partial charge on any atom is 0.241 e. The van der Waals surface area contributed by atoms with Crippen molar-refractivity contribution in [2.45, 2.75) is 45.6 Å². The van der Waals surface area contributed by atoms with Crippen LogP contribution in [0.4, 0.5) is 0 Å². The summed E-state index contributed by atoms with van der Waals surface area (Å²) in [6.07, 6.45) is 0. The maximum atomic E-state index is 13.1. The van der Waals surface area contributed by atoms with Crippen molar-refractivity contribution in [2.75, 3.05) is 20.6 Å². The second kappa shape index (κ2) is 7.58. The van der Waals surface area contributed by atoms with Gasteiger partial charge in [-0.25, -0.2) is 13.1 Å². The van der Waals surface area contributed by atoms with Crippen LogP contribution >= 0.6 is 11.3 Å². The molecule has 0 saturated heterocycles. The molecule has 1 aromatic carbocycles. The van der Waals surface area contributed by atoms with Crippen LogP contribution in [0.25, 0.3) is 0 Å². The van der Waals surface area contributed by atoms with Crippen molar-refractivity contribution in [2.24, 2.45) is 0 Å². The molecule has 1 heterocycles. The van der Waals surface area contributed by atoms with Gasteiger partial charge in [0.1, 0.15) is 0 Å². The third-order valence-corrected chi connectivity index (χ3v) is 7.62. The molecule has 1 N–H and O–H groups in total.